The zero-order chi connectivity index (χ0) is 21.5. The van der Waals surface area contributed by atoms with Crippen LogP contribution < -0.4 is 10.2 Å². The minimum Gasteiger partial charge on any atom is -0.444 e. The first kappa shape index (κ1) is 21.5. The van der Waals surface area contributed by atoms with E-state index in [4.69, 9.17) is 9.40 Å². The monoisotopic (exact) mass is 422 g/mol. The molecular weight excluding hydrogens is 391 g/mol. The SMILES string of the molecule is CCCc1oc(CNCCN2CCN(c3cccc(F)c3)CC2)nc1-c1ccccc1. The fourth-order valence-electron chi connectivity index (χ4n) is 4.03. The average molecular weight is 423 g/mol. The molecular formula is C25H31FN4O. The molecule has 1 N–H and O–H groups in total. The van der Waals surface area contributed by atoms with Gasteiger partial charge in [0.05, 0.1) is 6.54 Å². The second kappa shape index (κ2) is 10.6. The number of aromatic nitrogens is 1. The Morgan fingerprint density at radius 1 is 1.03 bits per heavy atom. The second-order valence-electron chi connectivity index (χ2n) is 7.98. The Labute approximate surface area is 183 Å². The Balaban J connectivity index is 1.23. The molecule has 1 aliphatic rings. The highest BCUT2D eigenvalue weighted by atomic mass is 19.1. The molecule has 0 spiro atoms. The van der Waals surface area contributed by atoms with E-state index in [1.54, 1.807) is 12.1 Å². The molecule has 4 rings (SSSR count). The number of hydrogen-bond donors (Lipinski definition) is 1. The Kier molecular flexibility index (Phi) is 7.33. The van der Waals surface area contributed by atoms with Crippen LogP contribution in [0.4, 0.5) is 10.1 Å². The number of piperazine rings is 1. The van der Waals surface area contributed by atoms with Crippen LogP contribution in [0.15, 0.2) is 59.0 Å². The summed E-state index contributed by atoms with van der Waals surface area (Å²) >= 11 is 0. The molecule has 3 aromatic rings. The highest BCUT2D eigenvalue weighted by Crippen LogP contribution is 2.25. The summed E-state index contributed by atoms with van der Waals surface area (Å²) in [6.07, 6.45) is 1.93. The highest BCUT2D eigenvalue weighted by Gasteiger charge is 2.18. The van der Waals surface area contributed by atoms with Crippen LogP contribution in [-0.2, 0) is 13.0 Å². The fourth-order valence-corrected chi connectivity index (χ4v) is 4.03. The van der Waals surface area contributed by atoms with Crippen molar-refractivity contribution in [3.8, 4) is 11.3 Å². The minimum absolute atomic E-state index is 0.173. The van der Waals surface area contributed by atoms with Gasteiger partial charge in [0, 0.05) is 56.9 Å². The molecule has 2 heterocycles. The predicted octanol–water partition coefficient (Wildman–Crippen LogP) is 4.35. The average Bonchev–Trinajstić information content (AvgIpc) is 3.21. The molecule has 0 atom stereocenters. The Bertz CT molecular complexity index is 951. The fraction of sp³-hybridized carbons (Fsp3) is 0.400. The summed E-state index contributed by atoms with van der Waals surface area (Å²) in [6, 6.07) is 17.1. The molecule has 1 fully saturated rings. The zero-order valence-corrected chi connectivity index (χ0v) is 18.2. The van der Waals surface area contributed by atoms with Crippen LogP contribution in [0.5, 0.6) is 0 Å². The topological polar surface area (TPSA) is 44.5 Å². The second-order valence-corrected chi connectivity index (χ2v) is 7.98. The Morgan fingerprint density at radius 2 is 1.84 bits per heavy atom. The van der Waals surface area contributed by atoms with Crippen molar-refractivity contribution in [2.24, 2.45) is 0 Å². The van der Waals surface area contributed by atoms with Gasteiger partial charge in [0.25, 0.3) is 0 Å². The van der Waals surface area contributed by atoms with E-state index in [0.29, 0.717) is 6.54 Å². The smallest absolute Gasteiger partial charge is 0.208 e. The lowest BCUT2D eigenvalue weighted by Gasteiger charge is -2.36. The lowest BCUT2D eigenvalue weighted by atomic mass is 10.1. The van der Waals surface area contributed by atoms with E-state index in [-0.39, 0.29) is 5.82 Å². The van der Waals surface area contributed by atoms with Gasteiger partial charge >= 0.3 is 0 Å². The largest absolute Gasteiger partial charge is 0.444 e. The van der Waals surface area contributed by atoms with Crippen molar-refractivity contribution in [1.29, 1.82) is 0 Å². The van der Waals surface area contributed by atoms with E-state index >= 15 is 0 Å². The number of benzene rings is 2. The van der Waals surface area contributed by atoms with E-state index in [0.717, 1.165) is 80.7 Å². The number of nitrogens with one attached hydrogen (secondary N) is 1. The number of anilines is 1. The van der Waals surface area contributed by atoms with Crippen LogP contribution in [0, 0.1) is 5.82 Å². The summed E-state index contributed by atoms with van der Waals surface area (Å²) in [5, 5.41) is 3.47. The molecule has 5 nitrogen and oxygen atoms in total. The summed E-state index contributed by atoms with van der Waals surface area (Å²) in [5.74, 6) is 1.55. The number of oxazole rings is 1. The maximum Gasteiger partial charge on any atom is 0.208 e. The van der Waals surface area contributed by atoms with Crippen LogP contribution in [0.2, 0.25) is 0 Å². The van der Waals surface area contributed by atoms with Crippen LogP contribution in [-0.4, -0.2) is 49.2 Å². The number of hydrogen-bond acceptors (Lipinski definition) is 5. The van der Waals surface area contributed by atoms with Crippen molar-refractivity contribution >= 4 is 5.69 Å². The van der Waals surface area contributed by atoms with Gasteiger partial charge in [-0.2, -0.15) is 0 Å². The van der Waals surface area contributed by atoms with Gasteiger partial charge in [-0.05, 0) is 24.6 Å². The standard InChI is InChI=1S/C25H31FN4O/c1-2-7-23-25(20-8-4-3-5-9-20)28-24(31-23)19-27-12-13-29-14-16-30(17-15-29)22-11-6-10-21(26)18-22/h3-6,8-11,18,27H,2,7,12-17,19H2,1H3. The molecule has 1 saturated heterocycles. The lowest BCUT2D eigenvalue weighted by molar-refractivity contribution is 0.256. The molecule has 6 heteroatoms. The third-order valence-corrected chi connectivity index (χ3v) is 5.69. The molecule has 0 amide bonds. The predicted molar refractivity (Wildman–Crippen MR) is 123 cm³/mol. The van der Waals surface area contributed by atoms with Crippen molar-refractivity contribution < 1.29 is 8.81 Å². The molecule has 2 aromatic carbocycles. The molecule has 0 unspecified atom stereocenters. The maximum absolute atomic E-state index is 13.5. The molecule has 1 aromatic heterocycles. The minimum atomic E-state index is -0.173. The van der Waals surface area contributed by atoms with E-state index < -0.39 is 0 Å². The zero-order valence-electron chi connectivity index (χ0n) is 18.2. The summed E-state index contributed by atoms with van der Waals surface area (Å²) in [5.41, 5.74) is 3.05. The van der Waals surface area contributed by atoms with Crippen LogP contribution in [0.25, 0.3) is 11.3 Å². The van der Waals surface area contributed by atoms with E-state index in [9.17, 15) is 4.39 Å². The summed E-state index contributed by atoms with van der Waals surface area (Å²) in [6.45, 7) is 8.45. The first-order valence-electron chi connectivity index (χ1n) is 11.2. The first-order valence-corrected chi connectivity index (χ1v) is 11.2. The maximum atomic E-state index is 13.5. The van der Waals surface area contributed by atoms with Crippen LogP contribution in [0.1, 0.15) is 25.0 Å². The molecule has 1 aliphatic heterocycles. The molecule has 0 radical (unpaired) electrons. The van der Waals surface area contributed by atoms with Crippen molar-refractivity contribution in [3.63, 3.8) is 0 Å². The number of nitrogens with zero attached hydrogens (tertiary/aromatic N) is 3. The van der Waals surface area contributed by atoms with Gasteiger partial charge in [0.1, 0.15) is 17.3 Å². The van der Waals surface area contributed by atoms with Gasteiger partial charge < -0.3 is 14.6 Å². The number of rotatable bonds is 9. The summed E-state index contributed by atoms with van der Waals surface area (Å²) in [7, 11) is 0. The van der Waals surface area contributed by atoms with E-state index in [1.807, 2.05) is 24.3 Å². The number of aryl methyl sites for hydroxylation is 1. The normalized spacial score (nSPS) is 14.8. The van der Waals surface area contributed by atoms with Gasteiger partial charge in [-0.15, -0.1) is 0 Å². The van der Waals surface area contributed by atoms with E-state index in [2.05, 4.69) is 34.2 Å². The first-order chi connectivity index (χ1) is 15.2. The van der Waals surface area contributed by atoms with Gasteiger partial charge in [0.2, 0.25) is 5.89 Å². The Hall–Kier alpha value is -2.70. The van der Waals surface area contributed by atoms with Gasteiger partial charge in [-0.3, -0.25) is 4.90 Å². The lowest BCUT2D eigenvalue weighted by Crippen LogP contribution is -2.48. The van der Waals surface area contributed by atoms with Crippen molar-refractivity contribution in [3.05, 3.63) is 72.1 Å². The van der Waals surface area contributed by atoms with Crippen molar-refractivity contribution in [2.45, 2.75) is 26.3 Å². The van der Waals surface area contributed by atoms with Crippen LogP contribution in [0.3, 0.4) is 0 Å². The van der Waals surface area contributed by atoms with Gasteiger partial charge in [-0.25, -0.2) is 9.37 Å². The van der Waals surface area contributed by atoms with Gasteiger partial charge in [-0.1, -0.05) is 43.3 Å². The quantitative estimate of drug-likeness (QED) is 0.520. The third kappa shape index (κ3) is 5.71. The molecule has 164 valence electrons. The Morgan fingerprint density at radius 3 is 2.58 bits per heavy atom. The summed E-state index contributed by atoms with van der Waals surface area (Å²) in [4.78, 5) is 9.44. The van der Waals surface area contributed by atoms with Crippen molar-refractivity contribution in [1.82, 2.24) is 15.2 Å². The van der Waals surface area contributed by atoms with Crippen molar-refractivity contribution in [2.75, 3.05) is 44.2 Å². The third-order valence-electron chi connectivity index (χ3n) is 5.69. The molecule has 0 saturated carbocycles. The van der Waals surface area contributed by atoms with E-state index in [1.165, 1.54) is 6.07 Å². The summed E-state index contributed by atoms with van der Waals surface area (Å²) < 4.78 is 19.5. The number of halogens is 1. The van der Waals surface area contributed by atoms with Gasteiger partial charge in [0.15, 0.2) is 0 Å². The molecule has 31 heavy (non-hydrogen) atoms. The molecule has 0 bridgehead atoms. The van der Waals surface area contributed by atoms with Crippen LogP contribution >= 0.6 is 0 Å². The highest BCUT2D eigenvalue weighted by molar-refractivity contribution is 5.61. The molecule has 0 aliphatic carbocycles.